The molecular formula is C41H66F5N5O14. The van der Waals surface area contributed by atoms with Crippen LogP contribution in [-0.4, -0.2) is 168 Å². The van der Waals surface area contributed by atoms with Gasteiger partial charge < -0.3 is 69.6 Å². The highest BCUT2D eigenvalue weighted by Crippen LogP contribution is 2.29. The molecule has 4 amide bonds. The Morgan fingerprint density at radius 1 is 0.477 bits per heavy atom. The van der Waals surface area contributed by atoms with Gasteiger partial charge in [-0.05, 0) is 32.6 Å². The zero-order valence-corrected chi connectivity index (χ0v) is 37.1. The van der Waals surface area contributed by atoms with Gasteiger partial charge in [0.1, 0.15) is 6.04 Å². The van der Waals surface area contributed by atoms with Gasteiger partial charge in [-0.25, -0.2) is 13.2 Å². The third kappa shape index (κ3) is 29.9. The van der Waals surface area contributed by atoms with E-state index in [-0.39, 0.29) is 116 Å². The summed E-state index contributed by atoms with van der Waals surface area (Å²) in [6.45, 7) is 7.05. The second kappa shape index (κ2) is 39.1. The van der Waals surface area contributed by atoms with Crippen LogP contribution in [-0.2, 0) is 61.9 Å². The lowest BCUT2D eigenvalue weighted by molar-refractivity contribution is -0.136. The van der Waals surface area contributed by atoms with Crippen molar-refractivity contribution in [3.8, 4) is 5.75 Å². The van der Waals surface area contributed by atoms with E-state index in [1.807, 2.05) is 6.92 Å². The van der Waals surface area contributed by atoms with Crippen LogP contribution in [0.15, 0.2) is 0 Å². The van der Waals surface area contributed by atoms with Gasteiger partial charge in [0.2, 0.25) is 58.5 Å². The molecule has 0 bridgehead atoms. The molecule has 0 aliphatic rings. The Morgan fingerprint density at radius 3 is 1.45 bits per heavy atom. The number of halogens is 5. The van der Waals surface area contributed by atoms with Gasteiger partial charge in [-0.15, -0.1) is 0 Å². The lowest BCUT2D eigenvalue weighted by atomic mass is 10.1. The van der Waals surface area contributed by atoms with Crippen molar-refractivity contribution in [3.63, 3.8) is 0 Å². The maximum Gasteiger partial charge on any atom is 0.313 e. The Bertz CT molecular complexity index is 1480. The summed E-state index contributed by atoms with van der Waals surface area (Å²) < 4.78 is 114. The first-order valence-electron chi connectivity index (χ1n) is 21.6. The minimum absolute atomic E-state index is 0.0184. The largest absolute Gasteiger partial charge is 0.420 e. The number of rotatable bonds is 42. The van der Waals surface area contributed by atoms with Gasteiger partial charge in [-0.2, -0.15) is 8.78 Å². The number of hydrogen-bond donors (Lipinski definition) is 5. The highest BCUT2D eigenvalue weighted by Gasteiger charge is 2.28. The molecule has 0 aliphatic carbocycles. The first kappa shape index (κ1) is 58.9. The molecule has 0 saturated carbocycles. The highest BCUT2D eigenvalue weighted by molar-refractivity contribution is 5.87. The van der Waals surface area contributed by atoms with Crippen molar-refractivity contribution < 1.29 is 88.6 Å². The molecule has 1 aromatic rings. The van der Waals surface area contributed by atoms with Crippen LogP contribution in [0.5, 0.6) is 5.75 Å². The zero-order valence-electron chi connectivity index (χ0n) is 37.1. The van der Waals surface area contributed by atoms with Crippen molar-refractivity contribution in [2.45, 2.75) is 64.3 Å². The zero-order chi connectivity index (χ0) is 47.9. The van der Waals surface area contributed by atoms with Crippen molar-refractivity contribution >= 4 is 29.6 Å². The molecule has 374 valence electrons. The number of esters is 1. The summed E-state index contributed by atoms with van der Waals surface area (Å²) in [6, 6.07) is -0.841. The van der Waals surface area contributed by atoms with E-state index >= 15 is 0 Å². The van der Waals surface area contributed by atoms with E-state index in [4.69, 9.17) is 43.6 Å². The molecule has 0 heterocycles. The Morgan fingerprint density at radius 2 is 0.923 bits per heavy atom. The summed E-state index contributed by atoms with van der Waals surface area (Å²) in [5.41, 5.74) is 5.34. The van der Waals surface area contributed by atoms with Crippen LogP contribution in [0.2, 0.25) is 0 Å². The van der Waals surface area contributed by atoms with E-state index in [0.29, 0.717) is 78.4 Å². The number of unbranched alkanes of at least 4 members (excludes halogenated alkanes) is 1. The molecule has 0 fully saturated rings. The molecular weight excluding hydrogens is 881 g/mol. The van der Waals surface area contributed by atoms with E-state index in [0.717, 1.165) is 0 Å². The molecule has 0 saturated heterocycles. The number of nitrogens with two attached hydrogens (primary N) is 1. The van der Waals surface area contributed by atoms with Crippen LogP contribution < -0.4 is 31.7 Å². The van der Waals surface area contributed by atoms with Crippen LogP contribution in [0.4, 0.5) is 22.0 Å². The fourth-order valence-corrected chi connectivity index (χ4v) is 5.12. The van der Waals surface area contributed by atoms with Crippen LogP contribution in [0, 0.1) is 29.1 Å². The number of amides is 4. The van der Waals surface area contributed by atoms with Crippen LogP contribution >= 0.6 is 0 Å². The molecule has 65 heavy (non-hydrogen) atoms. The first-order chi connectivity index (χ1) is 31.4. The molecule has 1 atom stereocenters. The lowest BCUT2D eigenvalue weighted by Crippen LogP contribution is -2.47. The maximum absolute atomic E-state index is 13.6. The van der Waals surface area contributed by atoms with E-state index in [9.17, 15) is 45.9 Å². The van der Waals surface area contributed by atoms with Crippen molar-refractivity contribution in [1.29, 1.82) is 0 Å². The van der Waals surface area contributed by atoms with E-state index in [2.05, 4.69) is 26.0 Å². The third-order valence-electron chi connectivity index (χ3n) is 8.45. The monoisotopic (exact) mass is 947 g/mol. The van der Waals surface area contributed by atoms with Gasteiger partial charge in [0.25, 0.3) is 0 Å². The van der Waals surface area contributed by atoms with Crippen molar-refractivity contribution in [2.24, 2.45) is 5.73 Å². The fourth-order valence-electron chi connectivity index (χ4n) is 5.12. The van der Waals surface area contributed by atoms with Gasteiger partial charge >= 0.3 is 5.97 Å². The number of ether oxygens (including phenoxy) is 9. The number of hydrogen-bond acceptors (Lipinski definition) is 15. The van der Waals surface area contributed by atoms with Crippen LogP contribution in [0.25, 0.3) is 0 Å². The number of carbonyl (C=O) groups is 5. The standard InChI is InChI=1S/C41H66F5N5O14/c1-2-57-20-21-58-15-8-31(52)48-12-4-3-6-30(51-33(54)7-5-13-49-32(53)9-16-59-22-24-61-18-11-47)41(56)50-14-19-62-25-27-64-29-28-63-26-23-60-17-10-34(55)65-40-38(45)36(43)35(42)37(44)39(40)46/h30H,2-29,47H2,1H3,(H,48,52)(H,49,53)(H,50,56)(H,51,54). The van der Waals surface area contributed by atoms with Gasteiger partial charge in [0.05, 0.1) is 106 Å². The number of benzene rings is 1. The van der Waals surface area contributed by atoms with Gasteiger partial charge in [0.15, 0.2) is 0 Å². The summed E-state index contributed by atoms with van der Waals surface area (Å²) in [4.78, 5) is 61.7. The Balaban J connectivity index is 2.28. The third-order valence-corrected chi connectivity index (χ3v) is 8.45. The molecule has 6 N–H and O–H groups in total. The van der Waals surface area contributed by atoms with E-state index in [1.165, 1.54) is 0 Å². The number of nitrogens with one attached hydrogen (secondary N) is 4. The van der Waals surface area contributed by atoms with Crippen molar-refractivity contribution in [1.82, 2.24) is 21.3 Å². The molecule has 0 aliphatic heterocycles. The molecule has 19 nitrogen and oxygen atoms in total. The Labute approximate surface area is 375 Å². The smallest absolute Gasteiger partial charge is 0.313 e. The minimum Gasteiger partial charge on any atom is -0.420 e. The summed E-state index contributed by atoms with van der Waals surface area (Å²) in [7, 11) is 0. The minimum atomic E-state index is -2.37. The topological polar surface area (TPSA) is 243 Å². The summed E-state index contributed by atoms with van der Waals surface area (Å²) in [6.07, 6.45) is 1.67. The normalized spacial score (nSPS) is 11.6. The maximum atomic E-state index is 13.6. The first-order valence-corrected chi connectivity index (χ1v) is 21.6. The lowest BCUT2D eigenvalue weighted by Gasteiger charge is -2.19. The predicted octanol–water partition coefficient (Wildman–Crippen LogP) is 1.35. The average Bonchev–Trinajstić information content (AvgIpc) is 3.29. The highest BCUT2D eigenvalue weighted by atomic mass is 19.2. The van der Waals surface area contributed by atoms with Crippen molar-refractivity contribution in [2.75, 3.05) is 132 Å². The molecule has 24 heteroatoms. The van der Waals surface area contributed by atoms with E-state index in [1.54, 1.807) is 0 Å². The van der Waals surface area contributed by atoms with Crippen LogP contribution in [0.1, 0.15) is 58.3 Å². The second-order valence-electron chi connectivity index (χ2n) is 13.6. The van der Waals surface area contributed by atoms with Gasteiger partial charge in [0, 0.05) is 52.0 Å². The molecule has 0 spiro atoms. The average molecular weight is 948 g/mol. The molecule has 1 aromatic carbocycles. The second-order valence-corrected chi connectivity index (χ2v) is 13.6. The summed E-state index contributed by atoms with van der Waals surface area (Å²) >= 11 is 0. The molecule has 1 rings (SSSR count). The van der Waals surface area contributed by atoms with Crippen molar-refractivity contribution in [3.05, 3.63) is 29.1 Å². The predicted molar refractivity (Wildman–Crippen MR) is 221 cm³/mol. The summed E-state index contributed by atoms with van der Waals surface area (Å²) in [5.74, 6) is -15.5. The molecule has 0 radical (unpaired) electrons. The van der Waals surface area contributed by atoms with E-state index < -0.39 is 59.2 Å². The Kier molecular flexibility index (Phi) is 35.4. The van der Waals surface area contributed by atoms with Crippen LogP contribution in [0.3, 0.4) is 0 Å². The fraction of sp³-hybridized carbons (Fsp3) is 0.732. The molecule has 0 aromatic heterocycles. The quantitative estimate of drug-likeness (QED) is 0.0155. The SMILES string of the molecule is CCOCCOCCC(=O)NCCCCC(NC(=O)CCCNC(=O)CCOCCOCCN)C(=O)NCCOCCOCCOCCOCCC(=O)Oc1c(F)c(F)c(F)c(F)c1F. The molecule has 1 unspecified atom stereocenters. The summed E-state index contributed by atoms with van der Waals surface area (Å²) in [5, 5.41) is 11.1. The van der Waals surface area contributed by atoms with Gasteiger partial charge in [-0.1, -0.05) is 0 Å². The van der Waals surface area contributed by atoms with Gasteiger partial charge in [-0.3, -0.25) is 24.0 Å². The number of carbonyl (C=O) groups excluding carboxylic acids is 5. The Hall–Kier alpha value is -4.14.